The molecule has 0 aliphatic heterocycles. The Labute approximate surface area is 131 Å². The van der Waals surface area contributed by atoms with Gasteiger partial charge in [-0.1, -0.05) is 0 Å². The first-order valence-electron chi connectivity index (χ1n) is 5.87. The van der Waals surface area contributed by atoms with Crippen LogP contribution in [0.1, 0.15) is 17.3 Å². The first kappa shape index (κ1) is 16.9. The van der Waals surface area contributed by atoms with Gasteiger partial charge in [0.2, 0.25) is 0 Å². The van der Waals surface area contributed by atoms with E-state index >= 15 is 0 Å². The molecule has 0 aliphatic rings. The van der Waals surface area contributed by atoms with E-state index in [9.17, 15) is 14.7 Å². The second-order valence-corrected chi connectivity index (χ2v) is 5.59. The molecular formula is C13H17IN2O4. The standard InChI is InChI=1S/C13H17IN2O4/c1-13(11(18)15-2,12(19)20-3)16-10(17)8-4-6-9(14)7-5-8/h4-7,11,15,18H,1-3H3,(H,16,17). The molecular weight excluding hydrogens is 375 g/mol. The van der Waals surface area contributed by atoms with Gasteiger partial charge in [0, 0.05) is 9.13 Å². The quantitative estimate of drug-likeness (QED) is 0.386. The van der Waals surface area contributed by atoms with Crippen molar-refractivity contribution < 1.29 is 19.4 Å². The molecule has 3 N–H and O–H groups in total. The molecule has 1 rings (SSSR count). The fourth-order valence-electron chi connectivity index (χ4n) is 1.64. The molecule has 2 atom stereocenters. The maximum Gasteiger partial charge on any atom is 0.335 e. The van der Waals surface area contributed by atoms with E-state index in [4.69, 9.17) is 0 Å². The Kier molecular flexibility index (Phi) is 5.90. The summed E-state index contributed by atoms with van der Waals surface area (Å²) < 4.78 is 5.63. The van der Waals surface area contributed by atoms with Gasteiger partial charge < -0.3 is 15.2 Å². The topological polar surface area (TPSA) is 87.7 Å². The zero-order valence-electron chi connectivity index (χ0n) is 11.4. The molecule has 0 aromatic heterocycles. The van der Waals surface area contributed by atoms with E-state index in [0.29, 0.717) is 5.56 Å². The van der Waals surface area contributed by atoms with Crippen LogP contribution in [0.5, 0.6) is 0 Å². The summed E-state index contributed by atoms with van der Waals surface area (Å²) in [5, 5.41) is 14.9. The molecule has 0 radical (unpaired) electrons. The fourth-order valence-corrected chi connectivity index (χ4v) is 2.00. The van der Waals surface area contributed by atoms with Gasteiger partial charge in [0.05, 0.1) is 7.11 Å². The summed E-state index contributed by atoms with van der Waals surface area (Å²) in [6.07, 6.45) is -1.28. The molecule has 0 saturated heterocycles. The summed E-state index contributed by atoms with van der Waals surface area (Å²) in [6.45, 7) is 1.39. The summed E-state index contributed by atoms with van der Waals surface area (Å²) >= 11 is 2.13. The lowest BCUT2D eigenvalue weighted by Crippen LogP contribution is -2.64. The number of hydrogen-bond acceptors (Lipinski definition) is 5. The zero-order chi connectivity index (χ0) is 15.3. The molecule has 1 aromatic rings. The van der Waals surface area contributed by atoms with Crippen molar-refractivity contribution in [1.29, 1.82) is 0 Å². The smallest absolute Gasteiger partial charge is 0.335 e. The summed E-state index contributed by atoms with van der Waals surface area (Å²) in [4.78, 5) is 24.0. The Morgan fingerprint density at radius 2 is 1.90 bits per heavy atom. The molecule has 110 valence electrons. The van der Waals surface area contributed by atoms with Crippen molar-refractivity contribution in [2.75, 3.05) is 14.2 Å². The van der Waals surface area contributed by atoms with Crippen molar-refractivity contribution in [3.63, 3.8) is 0 Å². The highest BCUT2D eigenvalue weighted by Gasteiger charge is 2.43. The monoisotopic (exact) mass is 392 g/mol. The van der Waals surface area contributed by atoms with Crippen LogP contribution < -0.4 is 10.6 Å². The van der Waals surface area contributed by atoms with Gasteiger partial charge in [-0.15, -0.1) is 0 Å². The molecule has 0 aliphatic carbocycles. The van der Waals surface area contributed by atoms with E-state index in [1.165, 1.54) is 21.1 Å². The van der Waals surface area contributed by atoms with E-state index < -0.39 is 23.6 Å². The van der Waals surface area contributed by atoms with Crippen molar-refractivity contribution in [3.05, 3.63) is 33.4 Å². The number of carbonyl (C=O) groups is 2. The molecule has 0 heterocycles. The predicted molar refractivity (Wildman–Crippen MR) is 82.1 cm³/mol. The minimum Gasteiger partial charge on any atom is -0.467 e. The van der Waals surface area contributed by atoms with E-state index in [0.717, 1.165) is 3.57 Å². The third-order valence-corrected chi connectivity index (χ3v) is 3.63. The number of halogens is 1. The number of nitrogens with one attached hydrogen (secondary N) is 2. The third-order valence-electron chi connectivity index (χ3n) is 2.91. The maximum absolute atomic E-state index is 12.2. The van der Waals surface area contributed by atoms with Gasteiger partial charge in [0.15, 0.2) is 5.54 Å². The lowest BCUT2D eigenvalue weighted by molar-refractivity contribution is -0.153. The Hall–Kier alpha value is -1.19. The van der Waals surface area contributed by atoms with Crippen molar-refractivity contribution in [2.45, 2.75) is 18.7 Å². The van der Waals surface area contributed by atoms with Gasteiger partial charge in [-0.3, -0.25) is 10.1 Å². The van der Waals surface area contributed by atoms with Crippen LogP contribution in [0.25, 0.3) is 0 Å². The minimum absolute atomic E-state index is 0.392. The van der Waals surface area contributed by atoms with Gasteiger partial charge in [0.25, 0.3) is 5.91 Å². The van der Waals surface area contributed by atoms with Gasteiger partial charge in [0.1, 0.15) is 6.23 Å². The number of esters is 1. The Balaban J connectivity index is 2.98. The van der Waals surface area contributed by atoms with Crippen molar-refractivity contribution in [2.24, 2.45) is 0 Å². The van der Waals surface area contributed by atoms with Crippen molar-refractivity contribution >= 4 is 34.5 Å². The van der Waals surface area contributed by atoms with Crippen LogP contribution in [-0.2, 0) is 9.53 Å². The largest absolute Gasteiger partial charge is 0.467 e. The molecule has 6 nitrogen and oxygen atoms in total. The molecule has 7 heteroatoms. The lowest BCUT2D eigenvalue weighted by atomic mass is 9.99. The highest BCUT2D eigenvalue weighted by molar-refractivity contribution is 14.1. The van der Waals surface area contributed by atoms with Crippen molar-refractivity contribution in [1.82, 2.24) is 10.6 Å². The predicted octanol–water partition coefficient (Wildman–Crippen LogP) is 0.490. The Morgan fingerprint density at radius 3 is 2.35 bits per heavy atom. The molecule has 2 unspecified atom stereocenters. The molecule has 1 aromatic carbocycles. The maximum atomic E-state index is 12.2. The molecule has 20 heavy (non-hydrogen) atoms. The molecule has 0 spiro atoms. The highest BCUT2D eigenvalue weighted by Crippen LogP contribution is 2.13. The number of rotatable bonds is 5. The second kappa shape index (κ2) is 7.00. The van der Waals surface area contributed by atoms with Crippen LogP contribution >= 0.6 is 22.6 Å². The molecule has 0 bridgehead atoms. The number of likely N-dealkylation sites (N-methyl/N-ethyl adjacent to an activating group) is 1. The highest BCUT2D eigenvalue weighted by atomic mass is 127. The van der Waals surface area contributed by atoms with Crippen LogP contribution in [0.2, 0.25) is 0 Å². The normalized spacial score (nSPS) is 15.1. The fraction of sp³-hybridized carbons (Fsp3) is 0.385. The number of hydrogen-bond donors (Lipinski definition) is 3. The van der Waals surface area contributed by atoms with Crippen LogP contribution in [0, 0.1) is 3.57 Å². The SMILES string of the molecule is CNC(O)C(C)(NC(=O)c1ccc(I)cc1)C(=O)OC. The number of aliphatic hydroxyl groups is 1. The number of carbonyl (C=O) groups excluding carboxylic acids is 2. The lowest BCUT2D eigenvalue weighted by Gasteiger charge is -2.32. The van der Waals surface area contributed by atoms with Gasteiger partial charge in [-0.25, -0.2) is 4.79 Å². The average molecular weight is 392 g/mol. The average Bonchev–Trinajstić information content (AvgIpc) is 2.45. The number of methoxy groups -OCH3 is 1. The molecule has 0 fully saturated rings. The number of ether oxygens (including phenoxy) is 1. The van der Waals surface area contributed by atoms with E-state index in [-0.39, 0.29) is 0 Å². The van der Waals surface area contributed by atoms with Gasteiger partial charge in [-0.2, -0.15) is 0 Å². The van der Waals surface area contributed by atoms with E-state index in [2.05, 4.69) is 38.0 Å². The van der Waals surface area contributed by atoms with Gasteiger partial charge >= 0.3 is 5.97 Å². The number of amides is 1. The summed E-state index contributed by atoms with van der Waals surface area (Å²) in [5.41, 5.74) is -1.19. The van der Waals surface area contributed by atoms with E-state index in [1.54, 1.807) is 24.3 Å². The molecule has 1 amide bonds. The third kappa shape index (κ3) is 3.68. The van der Waals surface area contributed by atoms with Crippen molar-refractivity contribution in [3.8, 4) is 0 Å². The van der Waals surface area contributed by atoms with Crippen LogP contribution in [0.3, 0.4) is 0 Å². The summed E-state index contributed by atoms with van der Waals surface area (Å²) in [5.74, 6) is -1.21. The summed E-state index contributed by atoms with van der Waals surface area (Å²) in [7, 11) is 2.67. The zero-order valence-corrected chi connectivity index (χ0v) is 13.6. The minimum atomic E-state index is -1.58. The second-order valence-electron chi connectivity index (χ2n) is 4.35. The number of benzene rings is 1. The van der Waals surface area contributed by atoms with Gasteiger partial charge in [-0.05, 0) is 60.8 Å². The first-order chi connectivity index (χ1) is 9.35. The van der Waals surface area contributed by atoms with Crippen LogP contribution in [0.15, 0.2) is 24.3 Å². The summed E-state index contributed by atoms with van der Waals surface area (Å²) in [6, 6.07) is 6.83. The molecule has 0 saturated carbocycles. The van der Waals surface area contributed by atoms with E-state index in [1.807, 2.05) is 0 Å². The van der Waals surface area contributed by atoms with Crippen LogP contribution in [0.4, 0.5) is 0 Å². The number of aliphatic hydroxyl groups excluding tert-OH is 1. The first-order valence-corrected chi connectivity index (χ1v) is 6.95. The Morgan fingerprint density at radius 1 is 1.35 bits per heavy atom. The van der Waals surface area contributed by atoms with Crippen LogP contribution in [-0.4, -0.2) is 42.9 Å². The Bertz CT molecular complexity index is 492.